The second-order valence-electron chi connectivity index (χ2n) is 4.70. The van der Waals surface area contributed by atoms with Gasteiger partial charge in [0.1, 0.15) is 0 Å². The zero-order chi connectivity index (χ0) is 12.3. The van der Waals surface area contributed by atoms with Gasteiger partial charge in [-0.3, -0.25) is 9.78 Å². The molecule has 1 atom stereocenters. The van der Waals surface area contributed by atoms with E-state index in [1.54, 1.807) is 0 Å². The van der Waals surface area contributed by atoms with Gasteiger partial charge in [-0.15, -0.1) is 0 Å². The smallest absolute Gasteiger partial charge is 0.303 e. The molecule has 1 aromatic rings. The zero-order valence-corrected chi connectivity index (χ0v) is 10.1. The standard InChI is InChI=1S/C13H18N2O2/c1-10-8-14-6-4-12(10)15-7-5-11(9-15)2-3-13(16)17/h4,6,8,11H,2-3,5,7,9H2,1H3,(H,16,17). The van der Waals surface area contributed by atoms with Crippen molar-refractivity contribution in [3.05, 3.63) is 24.0 Å². The van der Waals surface area contributed by atoms with Crippen molar-refractivity contribution >= 4 is 11.7 Å². The molecular weight excluding hydrogens is 216 g/mol. The van der Waals surface area contributed by atoms with Gasteiger partial charge < -0.3 is 10.0 Å². The molecule has 0 saturated carbocycles. The maximum Gasteiger partial charge on any atom is 0.303 e. The summed E-state index contributed by atoms with van der Waals surface area (Å²) in [7, 11) is 0. The van der Waals surface area contributed by atoms with Crippen LogP contribution in [-0.4, -0.2) is 29.1 Å². The van der Waals surface area contributed by atoms with Crippen LogP contribution in [0.4, 0.5) is 5.69 Å². The van der Waals surface area contributed by atoms with Crippen molar-refractivity contribution in [1.82, 2.24) is 4.98 Å². The van der Waals surface area contributed by atoms with Crippen molar-refractivity contribution in [3.8, 4) is 0 Å². The quantitative estimate of drug-likeness (QED) is 0.866. The van der Waals surface area contributed by atoms with E-state index in [1.165, 1.54) is 11.3 Å². The Labute approximate surface area is 101 Å². The van der Waals surface area contributed by atoms with Crippen LogP contribution in [0.3, 0.4) is 0 Å². The summed E-state index contributed by atoms with van der Waals surface area (Å²) in [6.07, 6.45) is 5.85. The number of carboxylic acids is 1. The summed E-state index contributed by atoms with van der Waals surface area (Å²) in [5, 5.41) is 8.68. The van der Waals surface area contributed by atoms with Gasteiger partial charge in [0.05, 0.1) is 0 Å². The second-order valence-corrected chi connectivity index (χ2v) is 4.70. The fourth-order valence-corrected chi connectivity index (χ4v) is 2.44. The molecule has 0 radical (unpaired) electrons. The monoisotopic (exact) mass is 234 g/mol. The fraction of sp³-hybridized carbons (Fsp3) is 0.538. The number of hydrogen-bond acceptors (Lipinski definition) is 3. The van der Waals surface area contributed by atoms with Crippen molar-refractivity contribution < 1.29 is 9.90 Å². The highest BCUT2D eigenvalue weighted by Crippen LogP contribution is 2.28. The Morgan fingerprint density at radius 2 is 2.47 bits per heavy atom. The predicted molar refractivity (Wildman–Crippen MR) is 66.2 cm³/mol. The Kier molecular flexibility index (Phi) is 3.61. The number of pyridine rings is 1. The summed E-state index contributed by atoms with van der Waals surface area (Å²) in [4.78, 5) is 17.0. The van der Waals surface area contributed by atoms with Crippen LogP contribution in [0.1, 0.15) is 24.8 Å². The van der Waals surface area contributed by atoms with Gasteiger partial charge in [0.15, 0.2) is 0 Å². The molecule has 1 N–H and O–H groups in total. The van der Waals surface area contributed by atoms with Gasteiger partial charge in [0, 0.05) is 37.6 Å². The Balaban J connectivity index is 1.94. The van der Waals surface area contributed by atoms with E-state index in [0.717, 1.165) is 25.9 Å². The summed E-state index contributed by atoms with van der Waals surface area (Å²) in [5.74, 6) is -0.179. The van der Waals surface area contributed by atoms with Gasteiger partial charge in [-0.2, -0.15) is 0 Å². The van der Waals surface area contributed by atoms with Crippen molar-refractivity contribution in [2.45, 2.75) is 26.2 Å². The first-order chi connectivity index (χ1) is 8.16. The average Bonchev–Trinajstić information content (AvgIpc) is 2.75. The van der Waals surface area contributed by atoms with Crippen LogP contribution in [-0.2, 0) is 4.79 Å². The number of nitrogens with zero attached hydrogens (tertiary/aromatic N) is 2. The molecule has 1 unspecified atom stereocenters. The van der Waals surface area contributed by atoms with Crippen molar-refractivity contribution in [1.29, 1.82) is 0 Å². The third-order valence-corrected chi connectivity index (χ3v) is 3.38. The minimum absolute atomic E-state index is 0.286. The molecule has 92 valence electrons. The van der Waals surface area contributed by atoms with Crippen molar-refractivity contribution in [2.75, 3.05) is 18.0 Å². The molecule has 0 spiro atoms. The molecule has 1 saturated heterocycles. The molecule has 4 nitrogen and oxygen atoms in total. The van der Waals surface area contributed by atoms with Gasteiger partial charge in [0.25, 0.3) is 0 Å². The first-order valence-electron chi connectivity index (χ1n) is 6.04. The summed E-state index contributed by atoms with van der Waals surface area (Å²) < 4.78 is 0. The maximum absolute atomic E-state index is 10.5. The zero-order valence-electron chi connectivity index (χ0n) is 10.1. The topological polar surface area (TPSA) is 53.4 Å². The van der Waals surface area contributed by atoms with E-state index >= 15 is 0 Å². The number of aliphatic carboxylic acids is 1. The molecule has 1 aliphatic rings. The molecule has 1 aliphatic heterocycles. The molecule has 4 heteroatoms. The van der Waals surface area contributed by atoms with Crippen LogP contribution in [0.2, 0.25) is 0 Å². The number of aromatic nitrogens is 1. The lowest BCUT2D eigenvalue weighted by molar-refractivity contribution is -0.137. The predicted octanol–water partition coefficient (Wildman–Crippen LogP) is 2.08. The van der Waals surface area contributed by atoms with Gasteiger partial charge in [-0.05, 0) is 37.3 Å². The van der Waals surface area contributed by atoms with Gasteiger partial charge >= 0.3 is 5.97 Å². The maximum atomic E-state index is 10.5. The summed E-state index contributed by atoms with van der Waals surface area (Å²) in [6.45, 7) is 4.06. The first-order valence-corrected chi connectivity index (χ1v) is 6.04. The number of carbonyl (C=O) groups is 1. The van der Waals surface area contributed by atoms with E-state index in [2.05, 4.69) is 16.8 Å². The van der Waals surface area contributed by atoms with Crippen LogP contribution in [0.15, 0.2) is 18.5 Å². The summed E-state index contributed by atoms with van der Waals surface area (Å²) in [5.41, 5.74) is 2.42. The summed E-state index contributed by atoms with van der Waals surface area (Å²) in [6, 6.07) is 2.04. The van der Waals surface area contributed by atoms with Crippen molar-refractivity contribution in [3.63, 3.8) is 0 Å². The van der Waals surface area contributed by atoms with E-state index in [1.807, 2.05) is 18.5 Å². The highest BCUT2D eigenvalue weighted by Gasteiger charge is 2.23. The number of anilines is 1. The van der Waals surface area contributed by atoms with Crippen LogP contribution < -0.4 is 4.90 Å². The number of hydrogen-bond donors (Lipinski definition) is 1. The number of aryl methyl sites for hydroxylation is 1. The summed E-state index contributed by atoms with van der Waals surface area (Å²) >= 11 is 0. The molecule has 2 heterocycles. The molecular formula is C13H18N2O2. The highest BCUT2D eigenvalue weighted by molar-refractivity contribution is 5.66. The largest absolute Gasteiger partial charge is 0.481 e. The third-order valence-electron chi connectivity index (χ3n) is 3.38. The lowest BCUT2D eigenvalue weighted by atomic mass is 10.0. The molecule has 17 heavy (non-hydrogen) atoms. The molecule has 0 aromatic carbocycles. The molecule has 0 bridgehead atoms. The lowest BCUT2D eigenvalue weighted by Crippen LogP contribution is -2.20. The molecule has 1 aromatic heterocycles. The van der Waals surface area contributed by atoms with Crippen LogP contribution in [0.5, 0.6) is 0 Å². The van der Waals surface area contributed by atoms with E-state index in [-0.39, 0.29) is 6.42 Å². The molecule has 0 amide bonds. The van der Waals surface area contributed by atoms with Gasteiger partial charge in [-0.1, -0.05) is 0 Å². The Bertz CT molecular complexity index is 406. The van der Waals surface area contributed by atoms with Gasteiger partial charge in [-0.25, -0.2) is 0 Å². The van der Waals surface area contributed by atoms with Gasteiger partial charge in [0.2, 0.25) is 0 Å². The SMILES string of the molecule is Cc1cnccc1N1CCC(CCC(=O)O)C1. The first kappa shape index (κ1) is 11.9. The van der Waals surface area contributed by atoms with Crippen LogP contribution in [0.25, 0.3) is 0 Å². The highest BCUT2D eigenvalue weighted by atomic mass is 16.4. The van der Waals surface area contributed by atoms with Crippen LogP contribution >= 0.6 is 0 Å². The average molecular weight is 234 g/mol. The molecule has 2 rings (SSSR count). The van der Waals surface area contributed by atoms with E-state index in [0.29, 0.717) is 5.92 Å². The second kappa shape index (κ2) is 5.17. The number of carboxylic acid groups (broad SMARTS) is 1. The van der Waals surface area contributed by atoms with E-state index < -0.39 is 5.97 Å². The van der Waals surface area contributed by atoms with Crippen LogP contribution in [0, 0.1) is 12.8 Å². The molecule has 1 fully saturated rings. The third kappa shape index (κ3) is 2.96. The Morgan fingerprint density at radius 3 is 3.18 bits per heavy atom. The van der Waals surface area contributed by atoms with E-state index in [4.69, 9.17) is 5.11 Å². The number of rotatable bonds is 4. The van der Waals surface area contributed by atoms with E-state index in [9.17, 15) is 4.79 Å². The van der Waals surface area contributed by atoms with Crippen molar-refractivity contribution in [2.24, 2.45) is 5.92 Å². The normalized spacial score (nSPS) is 19.6. The fourth-order valence-electron chi connectivity index (χ4n) is 2.44. The minimum atomic E-state index is -0.691. The Hall–Kier alpha value is -1.58. The minimum Gasteiger partial charge on any atom is -0.481 e. The lowest BCUT2D eigenvalue weighted by Gasteiger charge is -2.20. The Morgan fingerprint density at radius 1 is 1.65 bits per heavy atom. The molecule has 0 aliphatic carbocycles.